The summed E-state index contributed by atoms with van der Waals surface area (Å²) in [6, 6.07) is 6.01. The number of rotatable bonds is 9. The minimum atomic E-state index is -5.92. The minimum Gasteiger partial charge on any atom is -0.320 e. The van der Waals surface area contributed by atoms with E-state index in [2.05, 4.69) is 13.0 Å². The zero-order valence-electron chi connectivity index (χ0n) is 12.7. The van der Waals surface area contributed by atoms with Crippen LogP contribution in [0.1, 0.15) is 13.8 Å². The molecule has 13 heteroatoms. The first-order valence-corrected chi connectivity index (χ1v) is 11.1. The topological polar surface area (TPSA) is 116 Å². The van der Waals surface area contributed by atoms with Crippen molar-refractivity contribution in [1.29, 1.82) is 0 Å². The van der Waals surface area contributed by atoms with Crippen LogP contribution in [0.25, 0.3) is 0 Å². The van der Waals surface area contributed by atoms with Crippen molar-refractivity contribution >= 4 is 25.3 Å². The highest BCUT2D eigenvalue weighted by atomic mass is 32.2. The molecule has 1 aromatic carbocycles. The molecule has 0 aromatic heterocycles. The van der Waals surface area contributed by atoms with Gasteiger partial charge in [-0.3, -0.25) is 9.13 Å². The Morgan fingerprint density at radius 1 is 1.08 bits per heavy atom. The first-order chi connectivity index (χ1) is 10.9. The minimum absolute atomic E-state index is 0.579. The maximum absolute atomic E-state index is 14.3. The molecule has 0 heterocycles. The molecule has 0 saturated heterocycles. The SMILES string of the molecule is CCOP(=O)(O)C(F)(F)P(=O)(OCC)OS(=O)(=O)c1ccccc1. The van der Waals surface area contributed by atoms with Crippen molar-refractivity contribution in [3.05, 3.63) is 30.3 Å². The van der Waals surface area contributed by atoms with Gasteiger partial charge in [-0.05, 0) is 26.0 Å². The first-order valence-electron chi connectivity index (χ1n) is 6.54. The highest BCUT2D eigenvalue weighted by molar-refractivity contribution is 7.92. The Bertz CT molecular complexity index is 753. The van der Waals surface area contributed by atoms with Gasteiger partial charge in [0, 0.05) is 0 Å². The molecule has 0 fully saturated rings. The summed E-state index contributed by atoms with van der Waals surface area (Å²) in [7, 11) is -16.7. The van der Waals surface area contributed by atoms with Gasteiger partial charge in [0.1, 0.15) is 0 Å². The van der Waals surface area contributed by atoms with Crippen molar-refractivity contribution in [2.24, 2.45) is 0 Å². The van der Waals surface area contributed by atoms with Crippen molar-refractivity contribution in [2.45, 2.75) is 24.1 Å². The van der Waals surface area contributed by atoms with E-state index in [-0.39, 0.29) is 0 Å². The molecular weight excluding hydrogens is 392 g/mol. The number of halogens is 2. The van der Waals surface area contributed by atoms with E-state index in [1.807, 2.05) is 0 Å². The molecule has 138 valence electrons. The molecule has 0 spiro atoms. The largest absolute Gasteiger partial charge is 0.445 e. The van der Waals surface area contributed by atoms with E-state index in [4.69, 9.17) is 0 Å². The van der Waals surface area contributed by atoms with Crippen molar-refractivity contribution in [2.75, 3.05) is 13.2 Å². The van der Waals surface area contributed by atoms with E-state index in [1.54, 1.807) is 0 Å². The normalized spacial score (nSPS) is 17.9. The second-order valence-corrected chi connectivity index (χ2v) is 10.2. The summed E-state index contributed by atoms with van der Waals surface area (Å²) >= 11 is 0. The highest BCUT2D eigenvalue weighted by Crippen LogP contribution is 2.78. The number of hydrogen-bond acceptors (Lipinski definition) is 7. The fraction of sp³-hybridized carbons (Fsp3) is 0.455. The Balaban J connectivity index is 3.36. The average Bonchev–Trinajstić information content (AvgIpc) is 2.47. The van der Waals surface area contributed by atoms with Gasteiger partial charge in [-0.25, -0.2) is 0 Å². The molecular formula is C11H16F2O8P2S. The fourth-order valence-corrected chi connectivity index (χ4v) is 6.76. The standard InChI is InChI=1S/C11H16F2O8P2S/c1-3-19-22(14,15)11(12,13)23(16,20-4-2)21-24(17,18)10-8-6-5-7-9-10/h5-9H,3-4H2,1-2H3,(H,14,15). The van der Waals surface area contributed by atoms with E-state index < -0.39 is 48.8 Å². The van der Waals surface area contributed by atoms with Crippen molar-refractivity contribution in [3.63, 3.8) is 0 Å². The van der Waals surface area contributed by atoms with Gasteiger partial charge < -0.3 is 13.9 Å². The van der Waals surface area contributed by atoms with E-state index >= 15 is 0 Å². The van der Waals surface area contributed by atoms with E-state index in [0.29, 0.717) is 0 Å². The quantitative estimate of drug-likeness (QED) is 0.618. The lowest BCUT2D eigenvalue weighted by Gasteiger charge is -2.27. The van der Waals surface area contributed by atoms with Gasteiger partial charge in [0.2, 0.25) is 0 Å². The van der Waals surface area contributed by atoms with Gasteiger partial charge in [0.05, 0.1) is 18.1 Å². The van der Waals surface area contributed by atoms with Crippen LogP contribution in [-0.4, -0.2) is 31.9 Å². The summed E-state index contributed by atoms with van der Waals surface area (Å²) in [6.07, 6.45) is 0. The Morgan fingerprint density at radius 3 is 2.04 bits per heavy atom. The average molecular weight is 408 g/mol. The molecule has 0 aliphatic rings. The third-order valence-electron chi connectivity index (χ3n) is 2.50. The van der Waals surface area contributed by atoms with E-state index in [0.717, 1.165) is 26.0 Å². The van der Waals surface area contributed by atoms with E-state index in [9.17, 15) is 31.2 Å². The van der Waals surface area contributed by atoms with Crippen molar-refractivity contribution in [3.8, 4) is 0 Å². The van der Waals surface area contributed by atoms with Gasteiger partial charge >= 0.3 is 30.7 Å². The highest BCUT2D eigenvalue weighted by Gasteiger charge is 2.69. The molecule has 0 radical (unpaired) electrons. The maximum atomic E-state index is 14.3. The van der Waals surface area contributed by atoms with Crippen molar-refractivity contribution < 1.29 is 44.2 Å². The number of alkyl halides is 2. The summed E-state index contributed by atoms with van der Waals surface area (Å²) < 4.78 is 89.0. The first kappa shape index (κ1) is 21.4. The monoisotopic (exact) mass is 408 g/mol. The Hall–Kier alpha value is -0.670. The van der Waals surface area contributed by atoms with Crippen LogP contribution in [-0.2, 0) is 32.3 Å². The fourth-order valence-electron chi connectivity index (χ4n) is 1.48. The van der Waals surface area contributed by atoms with Gasteiger partial charge in [-0.1, -0.05) is 18.2 Å². The lowest BCUT2D eigenvalue weighted by Crippen LogP contribution is -2.24. The summed E-state index contributed by atoms with van der Waals surface area (Å²) in [5, 5.41) is -5.09. The molecule has 24 heavy (non-hydrogen) atoms. The maximum Gasteiger partial charge on any atom is 0.445 e. The summed E-state index contributed by atoms with van der Waals surface area (Å²) in [5.74, 6) is 0. The van der Waals surface area contributed by atoms with Gasteiger partial charge in [-0.2, -0.15) is 21.2 Å². The Labute approximate surface area is 137 Å². The van der Waals surface area contributed by atoms with Gasteiger partial charge in [0.25, 0.3) is 0 Å². The molecule has 0 aliphatic carbocycles. The molecule has 8 nitrogen and oxygen atoms in total. The second kappa shape index (κ2) is 7.70. The summed E-state index contributed by atoms with van der Waals surface area (Å²) in [4.78, 5) is 8.75. The lowest BCUT2D eigenvalue weighted by atomic mass is 10.4. The molecule has 0 amide bonds. The van der Waals surface area contributed by atoms with Crippen LogP contribution in [0, 0.1) is 0 Å². The molecule has 0 bridgehead atoms. The summed E-state index contributed by atoms with van der Waals surface area (Å²) in [5.41, 5.74) is 0. The molecule has 2 unspecified atom stereocenters. The van der Waals surface area contributed by atoms with Crippen LogP contribution < -0.4 is 0 Å². The summed E-state index contributed by atoms with van der Waals surface area (Å²) in [6.45, 7) is 1.00. The number of benzene rings is 1. The van der Waals surface area contributed by atoms with Crippen LogP contribution in [0.2, 0.25) is 0 Å². The van der Waals surface area contributed by atoms with Crippen LogP contribution in [0.3, 0.4) is 0 Å². The predicted octanol–water partition coefficient (Wildman–Crippen LogP) is 3.39. The molecule has 1 N–H and O–H groups in total. The zero-order chi connectivity index (χ0) is 18.6. The predicted molar refractivity (Wildman–Crippen MR) is 80.3 cm³/mol. The van der Waals surface area contributed by atoms with Crippen LogP contribution in [0.15, 0.2) is 35.2 Å². The van der Waals surface area contributed by atoms with E-state index in [1.165, 1.54) is 18.2 Å². The van der Waals surface area contributed by atoms with Crippen LogP contribution in [0.5, 0.6) is 0 Å². The lowest BCUT2D eigenvalue weighted by molar-refractivity contribution is 0.0869. The third kappa shape index (κ3) is 4.29. The van der Waals surface area contributed by atoms with Gasteiger partial charge in [-0.15, -0.1) is 0 Å². The molecule has 1 rings (SSSR count). The molecule has 2 atom stereocenters. The smallest absolute Gasteiger partial charge is 0.320 e. The third-order valence-corrected chi connectivity index (χ3v) is 8.96. The van der Waals surface area contributed by atoms with Gasteiger partial charge in [0.15, 0.2) is 0 Å². The molecule has 0 aliphatic heterocycles. The molecule has 1 aromatic rings. The van der Waals surface area contributed by atoms with Crippen LogP contribution >= 0.6 is 15.2 Å². The van der Waals surface area contributed by atoms with Crippen LogP contribution in [0.4, 0.5) is 8.78 Å². The Kier molecular flexibility index (Phi) is 6.85. The van der Waals surface area contributed by atoms with Crippen molar-refractivity contribution in [1.82, 2.24) is 0 Å². The number of hydrogen-bond donors (Lipinski definition) is 1. The zero-order valence-corrected chi connectivity index (χ0v) is 15.3. The Morgan fingerprint density at radius 2 is 1.58 bits per heavy atom. The molecule has 0 saturated carbocycles. The second-order valence-electron chi connectivity index (χ2n) is 4.20.